The number of carbonyl (C=O) groups is 1. The molecular weight excluding hydrogens is 344 g/mol. The van der Waals surface area contributed by atoms with Gasteiger partial charge in [0.2, 0.25) is 0 Å². The zero-order valence-corrected chi connectivity index (χ0v) is 15.0. The Labute approximate surface area is 150 Å². The normalized spacial score (nSPS) is 16.8. The molecule has 25 heavy (non-hydrogen) atoms. The standard InChI is InChI=1S/C18H19ClN2O4/c1-18(2,3)25-17(22)20-10-11(9-19)16-13-7-5-4-6-12(13)14(21(23)24)8-15(16)20/h4-8,11H,9-10H2,1-3H3/t11-/m1/s1. The minimum absolute atomic E-state index is 0.0295. The minimum atomic E-state index is -0.654. The average molecular weight is 363 g/mol. The molecule has 7 heteroatoms. The van der Waals surface area contributed by atoms with Crippen LogP contribution in [0.15, 0.2) is 30.3 Å². The zero-order chi connectivity index (χ0) is 18.4. The smallest absolute Gasteiger partial charge is 0.414 e. The van der Waals surface area contributed by atoms with Crippen LogP contribution in [-0.2, 0) is 4.74 Å². The highest BCUT2D eigenvalue weighted by molar-refractivity contribution is 6.19. The number of nitro groups is 1. The number of carbonyl (C=O) groups excluding carboxylic acids is 1. The molecule has 2 aromatic carbocycles. The zero-order valence-electron chi connectivity index (χ0n) is 14.3. The highest BCUT2D eigenvalue weighted by Crippen LogP contribution is 2.45. The van der Waals surface area contributed by atoms with Crippen molar-refractivity contribution in [3.63, 3.8) is 0 Å². The largest absolute Gasteiger partial charge is 0.443 e. The number of non-ortho nitro benzene ring substituents is 1. The molecule has 0 N–H and O–H groups in total. The number of fused-ring (bicyclic) bond motifs is 3. The molecule has 1 aliphatic rings. The molecule has 0 aliphatic carbocycles. The van der Waals surface area contributed by atoms with E-state index in [9.17, 15) is 14.9 Å². The molecule has 0 unspecified atom stereocenters. The van der Waals surface area contributed by atoms with E-state index in [-0.39, 0.29) is 11.6 Å². The van der Waals surface area contributed by atoms with Gasteiger partial charge in [-0.3, -0.25) is 15.0 Å². The maximum atomic E-state index is 12.6. The second-order valence-corrected chi connectivity index (χ2v) is 7.38. The summed E-state index contributed by atoms with van der Waals surface area (Å²) in [5, 5.41) is 12.8. The van der Waals surface area contributed by atoms with Crippen LogP contribution in [0.1, 0.15) is 32.3 Å². The number of hydrogen-bond acceptors (Lipinski definition) is 4. The van der Waals surface area contributed by atoms with Gasteiger partial charge in [0, 0.05) is 24.4 Å². The van der Waals surface area contributed by atoms with E-state index in [2.05, 4.69) is 0 Å². The molecule has 0 spiro atoms. The van der Waals surface area contributed by atoms with Crippen LogP contribution in [0.2, 0.25) is 0 Å². The van der Waals surface area contributed by atoms with Gasteiger partial charge in [-0.1, -0.05) is 18.2 Å². The Balaban J connectivity index is 2.20. The van der Waals surface area contributed by atoms with E-state index in [0.717, 1.165) is 10.9 Å². The number of benzene rings is 2. The van der Waals surface area contributed by atoms with E-state index >= 15 is 0 Å². The second-order valence-electron chi connectivity index (χ2n) is 7.07. The average Bonchev–Trinajstić information content (AvgIpc) is 2.91. The Kier molecular flexibility index (Phi) is 4.33. The van der Waals surface area contributed by atoms with E-state index in [1.165, 1.54) is 11.0 Å². The number of ether oxygens (including phenoxy) is 1. The van der Waals surface area contributed by atoms with Crippen LogP contribution in [0.3, 0.4) is 0 Å². The molecule has 0 fully saturated rings. The third kappa shape index (κ3) is 3.14. The van der Waals surface area contributed by atoms with Crippen LogP contribution in [0.25, 0.3) is 10.8 Å². The fraction of sp³-hybridized carbons (Fsp3) is 0.389. The van der Waals surface area contributed by atoms with E-state index < -0.39 is 16.6 Å². The quantitative estimate of drug-likeness (QED) is 0.436. The number of nitro benzene ring substituents is 1. The van der Waals surface area contributed by atoms with Crippen LogP contribution in [0.5, 0.6) is 0 Å². The van der Waals surface area contributed by atoms with Crippen LogP contribution in [0, 0.1) is 10.1 Å². The van der Waals surface area contributed by atoms with E-state index in [1.807, 2.05) is 12.1 Å². The van der Waals surface area contributed by atoms with Crippen molar-refractivity contribution in [2.45, 2.75) is 32.3 Å². The van der Waals surface area contributed by atoms with Crippen molar-refractivity contribution < 1.29 is 14.5 Å². The van der Waals surface area contributed by atoms with Crippen LogP contribution in [0.4, 0.5) is 16.2 Å². The Bertz CT molecular complexity index is 860. The summed E-state index contributed by atoms with van der Waals surface area (Å²) in [6.07, 6.45) is -0.522. The molecule has 0 saturated heterocycles. The summed E-state index contributed by atoms with van der Waals surface area (Å²) in [6.45, 7) is 5.69. The molecule has 2 aromatic rings. The summed E-state index contributed by atoms with van der Waals surface area (Å²) in [5.41, 5.74) is 0.685. The molecule has 3 rings (SSSR count). The van der Waals surface area contributed by atoms with Gasteiger partial charge in [0.05, 0.1) is 16.0 Å². The van der Waals surface area contributed by atoms with Gasteiger partial charge >= 0.3 is 6.09 Å². The maximum absolute atomic E-state index is 12.6. The summed E-state index contributed by atoms with van der Waals surface area (Å²) < 4.78 is 5.46. The van der Waals surface area contributed by atoms with Gasteiger partial charge in [-0.2, -0.15) is 0 Å². The van der Waals surface area contributed by atoms with Gasteiger partial charge in [0.25, 0.3) is 5.69 Å². The first-order chi connectivity index (χ1) is 11.7. The fourth-order valence-electron chi connectivity index (χ4n) is 3.19. The minimum Gasteiger partial charge on any atom is -0.443 e. The van der Waals surface area contributed by atoms with Gasteiger partial charge in [0.15, 0.2) is 0 Å². The second kappa shape index (κ2) is 6.19. The first kappa shape index (κ1) is 17.5. The third-order valence-electron chi connectivity index (χ3n) is 4.14. The highest BCUT2D eigenvalue weighted by atomic mass is 35.5. The van der Waals surface area contributed by atoms with E-state index in [1.54, 1.807) is 32.9 Å². The van der Waals surface area contributed by atoms with Crippen LogP contribution < -0.4 is 4.90 Å². The number of hydrogen-bond donors (Lipinski definition) is 0. The lowest BCUT2D eigenvalue weighted by Crippen LogP contribution is -2.36. The number of amides is 1. The lowest BCUT2D eigenvalue weighted by atomic mass is 9.95. The van der Waals surface area contributed by atoms with E-state index in [0.29, 0.717) is 23.5 Å². The Morgan fingerprint density at radius 1 is 1.36 bits per heavy atom. The van der Waals surface area contributed by atoms with Gasteiger partial charge in [-0.05, 0) is 37.8 Å². The van der Waals surface area contributed by atoms with Crippen molar-refractivity contribution in [3.8, 4) is 0 Å². The summed E-state index contributed by atoms with van der Waals surface area (Å²) in [7, 11) is 0. The van der Waals surface area contributed by atoms with Crippen molar-refractivity contribution >= 4 is 39.8 Å². The highest BCUT2D eigenvalue weighted by Gasteiger charge is 2.37. The molecule has 1 heterocycles. The Hall–Kier alpha value is -2.34. The first-order valence-electron chi connectivity index (χ1n) is 7.99. The third-order valence-corrected chi connectivity index (χ3v) is 4.51. The number of rotatable bonds is 2. The predicted octanol–water partition coefficient (Wildman–Crippen LogP) is 4.83. The molecule has 0 saturated carbocycles. The number of halogens is 1. The fourth-order valence-corrected chi connectivity index (χ4v) is 3.45. The van der Waals surface area contributed by atoms with Gasteiger partial charge < -0.3 is 4.74 Å². The number of nitrogens with zero attached hydrogens (tertiary/aromatic N) is 2. The maximum Gasteiger partial charge on any atom is 0.414 e. The van der Waals surface area contributed by atoms with Crippen molar-refractivity contribution in [1.82, 2.24) is 0 Å². The molecule has 1 amide bonds. The summed E-state index contributed by atoms with van der Waals surface area (Å²) in [6, 6.07) is 8.59. The molecule has 0 bridgehead atoms. The van der Waals surface area contributed by atoms with E-state index in [4.69, 9.17) is 16.3 Å². The lowest BCUT2D eigenvalue weighted by molar-refractivity contribution is -0.383. The summed E-state index contributed by atoms with van der Waals surface area (Å²) >= 11 is 6.13. The van der Waals surface area contributed by atoms with Crippen molar-refractivity contribution in [3.05, 3.63) is 46.0 Å². The first-order valence-corrected chi connectivity index (χ1v) is 8.53. The van der Waals surface area contributed by atoms with Crippen LogP contribution in [-0.4, -0.2) is 29.0 Å². The topological polar surface area (TPSA) is 72.7 Å². The van der Waals surface area contributed by atoms with Crippen LogP contribution >= 0.6 is 11.6 Å². The molecular formula is C18H19ClN2O4. The lowest BCUT2D eigenvalue weighted by Gasteiger charge is -2.25. The Morgan fingerprint density at radius 2 is 2.00 bits per heavy atom. The predicted molar refractivity (Wildman–Crippen MR) is 97.6 cm³/mol. The molecule has 6 nitrogen and oxygen atoms in total. The monoisotopic (exact) mass is 362 g/mol. The SMILES string of the molecule is CC(C)(C)OC(=O)N1C[C@@H](CCl)c2c1cc([N+](=O)[O-])c1ccccc21. The van der Waals surface area contributed by atoms with Crippen molar-refractivity contribution in [2.75, 3.05) is 17.3 Å². The Morgan fingerprint density at radius 3 is 2.56 bits per heavy atom. The van der Waals surface area contributed by atoms with Crippen molar-refractivity contribution in [2.24, 2.45) is 0 Å². The van der Waals surface area contributed by atoms with Gasteiger partial charge in [0.1, 0.15) is 5.60 Å². The molecule has 0 aromatic heterocycles. The molecule has 1 aliphatic heterocycles. The molecule has 0 radical (unpaired) electrons. The van der Waals surface area contributed by atoms with Crippen molar-refractivity contribution in [1.29, 1.82) is 0 Å². The summed E-state index contributed by atoms with van der Waals surface area (Å²) in [4.78, 5) is 25.1. The molecule has 1 atom stereocenters. The number of anilines is 1. The summed E-state index contributed by atoms with van der Waals surface area (Å²) in [5.74, 6) is 0.212. The van der Waals surface area contributed by atoms with Gasteiger partial charge in [-0.15, -0.1) is 11.6 Å². The molecule has 132 valence electrons. The van der Waals surface area contributed by atoms with Gasteiger partial charge in [-0.25, -0.2) is 4.79 Å². The number of alkyl halides is 1.